The van der Waals surface area contributed by atoms with E-state index in [9.17, 15) is 0 Å². The first-order valence-corrected chi connectivity index (χ1v) is 5.80. The van der Waals surface area contributed by atoms with E-state index in [1.807, 2.05) is 6.07 Å². The third kappa shape index (κ3) is 2.16. The molecule has 2 rings (SSSR count). The molecule has 0 aliphatic carbocycles. The number of nitriles is 1. The maximum Gasteiger partial charge on any atom is 0.195 e. The third-order valence-electron chi connectivity index (χ3n) is 2.19. The number of fused-ring (bicyclic) bond motifs is 1. The number of benzene rings is 1. The standard InChI is InChI=1S/C12H12N2S/c1-8(2)5-9-3-4-10-11(6-9)15-12(7-13)14-10/h3-4,6,8H,5H2,1-2H3. The molecule has 1 aromatic heterocycles. The van der Waals surface area contributed by atoms with Gasteiger partial charge in [0.05, 0.1) is 10.2 Å². The number of rotatable bonds is 2. The molecule has 0 aliphatic rings. The van der Waals surface area contributed by atoms with E-state index in [2.05, 4.69) is 37.0 Å². The maximum absolute atomic E-state index is 8.75. The zero-order valence-corrected chi connectivity index (χ0v) is 9.64. The summed E-state index contributed by atoms with van der Waals surface area (Å²) < 4.78 is 1.12. The molecule has 0 atom stereocenters. The summed E-state index contributed by atoms with van der Waals surface area (Å²) in [5.74, 6) is 0.658. The van der Waals surface area contributed by atoms with Crippen LogP contribution in [0.5, 0.6) is 0 Å². The highest BCUT2D eigenvalue weighted by molar-refractivity contribution is 7.19. The number of nitrogens with zero attached hydrogens (tertiary/aromatic N) is 2. The molecule has 0 aliphatic heterocycles. The predicted molar refractivity (Wildman–Crippen MR) is 62.9 cm³/mol. The summed E-state index contributed by atoms with van der Waals surface area (Å²) in [4.78, 5) is 4.21. The van der Waals surface area contributed by atoms with Gasteiger partial charge in [-0.05, 0) is 30.0 Å². The summed E-state index contributed by atoms with van der Waals surface area (Å²) in [7, 11) is 0. The van der Waals surface area contributed by atoms with Gasteiger partial charge in [-0.1, -0.05) is 19.9 Å². The molecule has 76 valence electrons. The molecule has 1 heterocycles. The van der Waals surface area contributed by atoms with Gasteiger partial charge >= 0.3 is 0 Å². The summed E-state index contributed by atoms with van der Waals surface area (Å²) in [6, 6.07) is 8.34. The molecule has 0 radical (unpaired) electrons. The van der Waals surface area contributed by atoms with Gasteiger partial charge in [-0.3, -0.25) is 0 Å². The molecule has 0 fully saturated rings. The van der Waals surface area contributed by atoms with E-state index >= 15 is 0 Å². The van der Waals surface area contributed by atoms with Gasteiger partial charge in [0.15, 0.2) is 5.01 Å². The number of aromatic nitrogens is 1. The quantitative estimate of drug-likeness (QED) is 0.771. The first-order chi connectivity index (χ1) is 7.19. The fraction of sp³-hybridized carbons (Fsp3) is 0.333. The first kappa shape index (κ1) is 10.1. The van der Waals surface area contributed by atoms with Crippen LogP contribution in [0.1, 0.15) is 24.4 Å². The Hall–Kier alpha value is -1.40. The van der Waals surface area contributed by atoms with Crippen LogP contribution in [0.3, 0.4) is 0 Å². The fourth-order valence-electron chi connectivity index (χ4n) is 1.62. The van der Waals surface area contributed by atoms with Crippen LogP contribution < -0.4 is 0 Å². The van der Waals surface area contributed by atoms with E-state index in [0.29, 0.717) is 10.9 Å². The van der Waals surface area contributed by atoms with Crippen molar-refractivity contribution >= 4 is 21.6 Å². The van der Waals surface area contributed by atoms with Crippen LogP contribution in [0, 0.1) is 17.2 Å². The van der Waals surface area contributed by atoms with Gasteiger partial charge in [-0.15, -0.1) is 11.3 Å². The maximum atomic E-state index is 8.75. The Balaban J connectivity index is 2.42. The predicted octanol–water partition coefficient (Wildman–Crippen LogP) is 3.37. The summed E-state index contributed by atoms with van der Waals surface area (Å²) in [5.41, 5.74) is 2.26. The zero-order valence-electron chi connectivity index (χ0n) is 8.82. The van der Waals surface area contributed by atoms with Crippen molar-refractivity contribution in [2.24, 2.45) is 5.92 Å². The zero-order chi connectivity index (χ0) is 10.8. The van der Waals surface area contributed by atoms with Gasteiger partial charge in [-0.2, -0.15) is 5.26 Å². The van der Waals surface area contributed by atoms with Gasteiger partial charge in [0, 0.05) is 0 Å². The molecule has 0 saturated carbocycles. The SMILES string of the molecule is CC(C)Cc1ccc2nc(C#N)sc2c1. The smallest absolute Gasteiger partial charge is 0.195 e. The molecule has 2 aromatic rings. The summed E-state index contributed by atoms with van der Waals surface area (Å²) in [6.07, 6.45) is 1.08. The van der Waals surface area contributed by atoms with Gasteiger partial charge < -0.3 is 0 Å². The van der Waals surface area contributed by atoms with Crippen molar-refractivity contribution in [2.75, 3.05) is 0 Å². The summed E-state index contributed by atoms with van der Waals surface area (Å²) in [5, 5.41) is 9.30. The van der Waals surface area contributed by atoms with Crippen molar-refractivity contribution in [2.45, 2.75) is 20.3 Å². The number of thiazole rings is 1. The summed E-state index contributed by atoms with van der Waals surface area (Å²) in [6.45, 7) is 4.41. The molecular formula is C12H12N2S. The average Bonchev–Trinajstić information content (AvgIpc) is 2.58. The second-order valence-electron chi connectivity index (χ2n) is 4.03. The van der Waals surface area contributed by atoms with E-state index in [1.165, 1.54) is 16.9 Å². The highest BCUT2D eigenvalue weighted by Crippen LogP contribution is 2.23. The van der Waals surface area contributed by atoms with Crippen molar-refractivity contribution in [3.05, 3.63) is 28.8 Å². The second kappa shape index (κ2) is 4.00. The highest BCUT2D eigenvalue weighted by atomic mass is 32.1. The first-order valence-electron chi connectivity index (χ1n) is 4.98. The van der Waals surface area contributed by atoms with Crippen molar-refractivity contribution in [3.8, 4) is 6.07 Å². The van der Waals surface area contributed by atoms with E-state index in [0.717, 1.165) is 16.6 Å². The van der Waals surface area contributed by atoms with Gasteiger partial charge in [0.1, 0.15) is 6.07 Å². The minimum absolute atomic E-state index is 0.548. The normalized spacial score (nSPS) is 10.8. The Morgan fingerprint density at radius 2 is 2.27 bits per heavy atom. The number of hydrogen-bond donors (Lipinski definition) is 0. The van der Waals surface area contributed by atoms with Crippen molar-refractivity contribution < 1.29 is 0 Å². The molecule has 1 aromatic carbocycles. The number of hydrogen-bond acceptors (Lipinski definition) is 3. The third-order valence-corrected chi connectivity index (χ3v) is 3.12. The van der Waals surface area contributed by atoms with E-state index < -0.39 is 0 Å². The molecule has 15 heavy (non-hydrogen) atoms. The molecule has 0 spiro atoms. The lowest BCUT2D eigenvalue weighted by atomic mass is 10.0. The molecule has 3 heteroatoms. The van der Waals surface area contributed by atoms with Crippen molar-refractivity contribution in [1.29, 1.82) is 5.26 Å². The Labute approximate surface area is 93.2 Å². The minimum atomic E-state index is 0.548. The molecule has 0 unspecified atom stereocenters. The molecule has 0 amide bonds. The van der Waals surface area contributed by atoms with E-state index in [1.54, 1.807) is 0 Å². The van der Waals surface area contributed by atoms with Crippen molar-refractivity contribution in [1.82, 2.24) is 4.98 Å². The van der Waals surface area contributed by atoms with Gasteiger partial charge in [0.2, 0.25) is 0 Å². The lowest BCUT2D eigenvalue weighted by Gasteiger charge is -2.03. The van der Waals surface area contributed by atoms with Crippen LogP contribution in [0.25, 0.3) is 10.2 Å². The molecule has 0 bridgehead atoms. The van der Waals surface area contributed by atoms with E-state index in [4.69, 9.17) is 5.26 Å². The van der Waals surface area contributed by atoms with Crippen LogP contribution in [-0.2, 0) is 6.42 Å². The van der Waals surface area contributed by atoms with Crippen LogP contribution in [0.15, 0.2) is 18.2 Å². The molecular weight excluding hydrogens is 204 g/mol. The topological polar surface area (TPSA) is 36.7 Å². The van der Waals surface area contributed by atoms with Crippen LogP contribution in [0.4, 0.5) is 0 Å². The molecule has 0 saturated heterocycles. The Kier molecular flexibility index (Phi) is 2.70. The van der Waals surface area contributed by atoms with Gasteiger partial charge in [0.25, 0.3) is 0 Å². The van der Waals surface area contributed by atoms with E-state index in [-0.39, 0.29) is 0 Å². The average molecular weight is 216 g/mol. The lowest BCUT2D eigenvalue weighted by Crippen LogP contribution is -1.92. The second-order valence-corrected chi connectivity index (χ2v) is 5.06. The van der Waals surface area contributed by atoms with Crippen molar-refractivity contribution in [3.63, 3.8) is 0 Å². The Bertz CT molecular complexity index is 520. The lowest BCUT2D eigenvalue weighted by molar-refractivity contribution is 0.648. The Morgan fingerprint density at radius 3 is 2.93 bits per heavy atom. The summed E-state index contributed by atoms with van der Waals surface area (Å²) >= 11 is 1.47. The fourth-order valence-corrected chi connectivity index (χ4v) is 2.44. The highest BCUT2D eigenvalue weighted by Gasteiger charge is 2.04. The minimum Gasteiger partial charge on any atom is -0.226 e. The van der Waals surface area contributed by atoms with Gasteiger partial charge in [-0.25, -0.2) is 4.98 Å². The Morgan fingerprint density at radius 1 is 1.47 bits per heavy atom. The molecule has 2 nitrogen and oxygen atoms in total. The largest absolute Gasteiger partial charge is 0.226 e. The van der Waals surface area contributed by atoms with Crippen LogP contribution in [-0.4, -0.2) is 4.98 Å². The monoisotopic (exact) mass is 216 g/mol. The molecule has 0 N–H and O–H groups in total. The van der Waals surface area contributed by atoms with Crippen LogP contribution >= 0.6 is 11.3 Å². The van der Waals surface area contributed by atoms with Crippen LogP contribution in [0.2, 0.25) is 0 Å².